The van der Waals surface area contributed by atoms with Gasteiger partial charge in [-0.2, -0.15) is 0 Å². The van der Waals surface area contributed by atoms with Crippen molar-refractivity contribution in [3.63, 3.8) is 0 Å². The van der Waals surface area contributed by atoms with Gasteiger partial charge in [0.1, 0.15) is 11.7 Å². The lowest BCUT2D eigenvalue weighted by Crippen LogP contribution is -2.46. The Morgan fingerprint density at radius 1 is 0.800 bits per heavy atom. The summed E-state index contributed by atoms with van der Waals surface area (Å²) in [5, 5.41) is 0.704. The molecule has 0 N–H and O–H groups in total. The van der Waals surface area contributed by atoms with Crippen molar-refractivity contribution in [2.45, 2.75) is 26.3 Å². The van der Waals surface area contributed by atoms with Crippen LogP contribution in [0.5, 0.6) is 0 Å². The summed E-state index contributed by atoms with van der Waals surface area (Å²) in [6.45, 7) is 6.59. The van der Waals surface area contributed by atoms with Crippen LogP contribution in [0.4, 0.5) is 11.4 Å². The monoisotopic (exact) mass is 411 g/mol. The van der Waals surface area contributed by atoms with Crippen LogP contribution in [0.25, 0.3) is 11.1 Å². The van der Waals surface area contributed by atoms with Gasteiger partial charge in [-0.1, -0.05) is 60.1 Å². The fourth-order valence-corrected chi connectivity index (χ4v) is 4.19. The van der Waals surface area contributed by atoms with Gasteiger partial charge in [0.25, 0.3) is 0 Å². The molecular weight excluding hydrogens is 390 g/mol. The van der Waals surface area contributed by atoms with E-state index >= 15 is 0 Å². The number of hydrogen-bond donors (Lipinski definition) is 0. The van der Waals surface area contributed by atoms with Crippen LogP contribution in [0, 0.1) is 0 Å². The number of para-hydroxylation sites is 1. The molecule has 0 atom stereocenters. The summed E-state index contributed by atoms with van der Waals surface area (Å²) >= 11 is 6.10. The van der Waals surface area contributed by atoms with E-state index in [2.05, 4.69) is 68.1 Å². The highest BCUT2D eigenvalue weighted by Gasteiger charge is 2.44. The van der Waals surface area contributed by atoms with Crippen LogP contribution in [0.2, 0.25) is 5.02 Å². The molecule has 0 radical (unpaired) electrons. The number of halogens is 1. The van der Waals surface area contributed by atoms with Crippen LogP contribution in [-0.2, 0) is 0 Å². The van der Waals surface area contributed by atoms with E-state index < -0.39 is 0 Å². The van der Waals surface area contributed by atoms with Crippen molar-refractivity contribution >= 4 is 45.8 Å². The summed E-state index contributed by atoms with van der Waals surface area (Å²) in [5.74, 6) is 1.88. The second-order valence-corrected chi connectivity index (χ2v) is 8.92. The molecule has 0 aliphatic carbocycles. The lowest BCUT2D eigenvalue weighted by Gasteiger charge is -2.34. The third-order valence-corrected chi connectivity index (χ3v) is 5.57. The van der Waals surface area contributed by atoms with Crippen LogP contribution < -0.4 is 0 Å². The summed E-state index contributed by atoms with van der Waals surface area (Å²) in [5.41, 5.74) is 6.23. The number of benzene rings is 3. The maximum atomic E-state index is 6.10. The first-order valence-electron chi connectivity index (χ1n) is 10.1. The highest BCUT2D eigenvalue weighted by Crippen LogP contribution is 2.47. The van der Waals surface area contributed by atoms with Gasteiger partial charge in [0.05, 0.1) is 11.4 Å². The minimum absolute atomic E-state index is 0.200. The molecule has 0 fully saturated rings. The van der Waals surface area contributed by atoms with Gasteiger partial charge in [-0.25, -0.2) is 9.98 Å². The van der Waals surface area contributed by atoms with Gasteiger partial charge < -0.3 is 4.90 Å². The van der Waals surface area contributed by atoms with Crippen molar-refractivity contribution in [1.82, 2.24) is 4.90 Å². The Bertz CT molecular complexity index is 1210. The molecule has 0 saturated carbocycles. The fraction of sp³-hybridized carbons (Fsp3) is 0.154. The van der Waals surface area contributed by atoms with Gasteiger partial charge in [-0.3, -0.25) is 0 Å². The molecule has 148 valence electrons. The maximum absolute atomic E-state index is 6.10. The van der Waals surface area contributed by atoms with Crippen molar-refractivity contribution in [1.29, 1.82) is 0 Å². The molecule has 3 aromatic carbocycles. The SMILES string of the molecule is CC(C)(C)N1C(=Nc2ccc(Cl)cc2)C(c2ccccc2)=C2C1=Nc1ccccc12. The van der Waals surface area contributed by atoms with Gasteiger partial charge >= 0.3 is 0 Å². The lowest BCUT2D eigenvalue weighted by atomic mass is 9.96. The fourth-order valence-electron chi connectivity index (χ4n) is 4.06. The van der Waals surface area contributed by atoms with E-state index in [-0.39, 0.29) is 5.54 Å². The number of hydrogen-bond acceptors (Lipinski definition) is 2. The second-order valence-electron chi connectivity index (χ2n) is 8.49. The summed E-state index contributed by atoms with van der Waals surface area (Å²) in [4.78, 5) is 12.4. The van der Waals surface area contributed by atoms with Gasteiger partial charge in [-0.05, 0) is 56.7 Å². The average Bonchev–Trinajstić information content (AvgIpc) is 3.23. The van der Waals surface area contributed by atoms with E-state index in [1.54, 1.807) is 0 Å². The topological polar surface area (TPSA) is 28.0 Å². The molecule has 0 aromatic heterocycles. The molecule has 5 rings (SSSR count). The maximum Gasteiger partial charge on any atom is 0.144 e. The molecule has 2 aliphatic rings. The Labute approximate surface area is 182 Å². The molecule has 0 saturated heterocycles. The highest BCUT2D eigenvalue weighted by atomic mass is 35.5. The van der Waals surface area contributed by atoms with E-state index in [1.165, 1.54) is 0 Å². The summed E-state index contributed by atoms with van der Waals surface area (Å²) in [7, 11) is 0. The Morgan fingerprint density at radius 3 is 2.17 bits per heavy atom. The molecule has 0 amide bonds. The van der Waals surface area contributed by atoms with Crippen molar-refractivity contribution < 1.29 is 0 Å². The Morgan fingerprint density at radius 2 is 1.47 bits per heavy atom. The first kappa shape index (κ1) is 18.8. The summed E-state index contributed by atoms with van der Waals surface area (Å²) in [6.07, 6.45) is 0. The third-order valence-electron chi connectivity index (χ3n) is 5.32. The smallest absolute Gasteiger partial charge is 0.144 e. The van der Waals surface area contributed by atoms with E-state index in [9.17, 15) is 0 Å². The Kier molecular flexibility index (Phi) is 4.37. The standard InChI is InChI=1S/C26H22ClN3/c1-26(2,3)30-24(28-19-15-13-18(27)14-16-19)22(17-9-5-4-6-10-17)23-20-11-7-8-12-21(20)29-25(23)30/h4-16H,1-3H3. The van der Waals surface area contributed by atoms with Crippen molar-refractivity contribution in [2.24, 2.45) is 9.98 Å². The predicted molar refractivity (Wildman–Crippen MR) is 127 cm³/mol. The minimum atomic E-state index is -0.200. The average molecular weight is 412 g/mol. The van der Waals surface area contributed by atoms with Crippen LogP contribution >= 0.6 is 11.6 Å². The molecule has 3 aromatic rings. The first-order valence-corrected chi connectivity index (χ1v) is 10.4. The zero-order chi connectivity index (χ0) is 20.9. The number of rotatable bonds is 2. The number of aliphatic imine (C=N–C) groups is 2. The number of amidine groups is 2. The molecule has 3 nitrogen and oxygen atoms in total. The predicted octanol–water partition coefficient (Wildman–Crippen LogP) is 7.14. The molecule has 2 heterocycles. The van der Waals surface area contributed by atoms with Crippen LogP contribution in [-0.4, -0.2) is 22.1 Å². The van der Waals surface area contributed by atoms with Crippen LogP contribution in [0.15, 0.2) is 88.8 Å². The molecule has 0 spiro atoms. The highest BCUT2D eigenvalue weighted by molar-refractivity contribution is 6.53. The number of fused-ring (bicyclic) bond motifs is 3. The van der Waals surface area contributed by atoms with Gasteiger partial charge in [0, 0.05) is 27.3 Å². The second kappa shape index (κ2) is 6.96. The zero-order valence-electron chi connectivity index (χ0n) is 17.2. The largest absolute Gasteiger partial charge is 0.305 e. The summed E-state index contributed by atoms with van der Waals surface area (Å²) < 4.78 is 0. The molecule has 30 heavy (non-hydrogen) atoms. The van der Waals surface area contributed by atoms with Gasteiger partial charge in [0.15, 0.2) is 0 Å². The van der Waals surface area contributed by atoms with E-state index in [4.69, 9.17) is 21.6 Å². The van der Waals surface area contributed by atoms with Crippen molar-refractivity contribution in [2.75, 3.05) is 0 Å². The summed E-state index contributed by atoms with van der Waals surface area (Å²) in [6, 6.07) is 26.5. The molecule has 2 aliphatic heterocycles. The zero-order valence-corrected chi connectivity index (χ0v) is 18.0. The van der Waals surface area contributed by atoms with Crippen LogP contribution in [0.3, 0.4) is 0 Å². The quantitative estimate of drug-likeness (QED) is 0.440. The van der Waals surface area contributed by atoms with Crippen molar-refractivity contribution in [3.8, 4) is 0 Å². The van der Waals surface area contributed by atoms with Crippen molar-refractivity contribution in [3.05, 3.63) is 95.0 Å². The van der Waals surface area contributed by atoms with E-state index in [0.717, 1.165) is 45.3 Å². The van der Waals surface area contributed by atoms with E-state index in [1.807, 2.05) is 36.4 Å². The Hall–Kier alpha value is -3.17. The molecule has 0 unspecified atom stereocenters. The number of nitrogens with zero attached hydrogens (tertiary/aromatic N) is 3. The molecular formula is C26H22ClN3. The Balaban J connectivity index is 1.82. The van der Waals surface area contributed by atoms with Gasteiger partial charge in [0.2, 0.25) is 0 Å². The normalized spacial score (nSPS) is 16.7. The lowest BCUT2D eigenvalue weighted by molar-refractivity contribution is 0.350. The van der Waals surface area contributed by atoms with E-state index in [0.29, 0.717) is 5.02 Å². The molecule has 0 bridgehead atoms. The molecule has 4 heteroatoms. The van der Waals surface area contributed by atoms with Gasteiger partial charge in [-0.15, -0.1) is 0 Å². The van der Waals surface area contributed by atoms with Crippen LogP contribution in [0.1, 0.15) is 31.9 Å². The third kappa shape index (κ3) is 3.06. The first-order chi connectivity index (χ1) is 14.4. The minimum Gasteiger partial charge on any atom is -0.305 e.